The summed E-state index contributed by atoms with van der Waals surface area (Å²) in [6.07, 6.45) is 7.00. The number of hydrogen-bond acceptors (Lipinski definition) is 9. The van der Waals surface area contributed by atoms with E-state index in [4.69, 9.17) is 18.4 Å². The molecule has 0 bridgehead atoms. The van der Waals surface area contributed by atoms with Crippen molar-refractivity contribution in [3.8, 4) is 11.5 Å². The van der Waals surface area contributed by atoms with Gasteiger partial charge >= 0.3 is 5.97 Å². The molecule has 0 aliphatic carbocycles. The molecule has 0 N–H and O–H groups in total. The summed E-state index contributed by atoms with van der Waals surface area (Å²) in [5.74, 6) is -1.05. The highest BCUT2D eigenvalue weighted by molar-refractivity contribution is 7.87. The Labute approximate surface area is 240 Å². The quantitative estimate of drug-likeness (QED) is 0.147. The number of benzene rings is 1. The van der Waals surface area contributed by atoms with Gasteiger partial charge in [-0.3, -0.25) is 13.8 Å². The molecule has 2 atom stereocenters. The van der Waals surface area contributed by atoms with Crippen LogP contribution in [0, 0.1) is 5.92 Å². The molecule has 0 aromatic heterocycles. The zero-order chi connectivity index (χ0) is 29.2. The fourth-order valence-corrected chi connectivity index (χ4v) is 6.23. The lowest BCUT2D eigenvalue weighted by atomic mass is 9.89. The number of likely N-dealkylation sites (tertiary alicyclic amines) is 1. The summed E-state index contributed by atoms with van der Waals surface area (Å²) in [4.78, 5) is 27.9. The molecule has 0 radical (unpaired) electrons. The fraction of sp³-hybridized carbons (Fsp3) is 0.733. The van der Waals surface area contributed by atoms with Gasteiger partial charge in [-0.1, -0.05) is 38.7 Å². The Morgan fingerprint density at radius 3 is 2.35 bits per heavy atom. The minimum absolute atomic E-state index is 0.0939. The predicted octanol–water partition coefficient (Wildman–Crippen LogP) is 5.22. The third kappa shape index (κ3) is 11.0. The maximum atomic E-state index is 13.2. The maximum absolute atomic E-state index is 13.2. The molecule has 40 heavy (non-hydrogen) atoms. The SMILES string of the molecule is CCCCCCCC(=O)C[C@H](CN1CCCC1)[C@H](OS(=O)(=O)CC(=O)OC(C)(C)C)c1ccc2c(c1)OCCO2. The number of carbonyl (C=O) groups excluding carboxylic acids is 2. The van der Waals surface area contributed by atoms with E-state index in [2.05, 4.69) is 11.8 Å². The van der Waals surface area contributed by atoms with E-state index in [0.717, 1.165) is 58.0 Å². The van der Waals surface area contributed by atoms with Crippen molar-refractivity contribution in [2.45, 2.75) is 97.2 Å². The normalized spacial score (nSPS) is 17.4. The minimum Gasteiger partial charge on any atom is -0.486 e. The van der Waals surface area contributed by atoms with Crippen molar-refractivity contribution in [1.82, 2.24) is 4.90 Å². The molecule has 1 fully saturated rings. The molecule has 0 saturated carbocycles. The van der Waals surface area contributed by atoms with Crippen LogP contribution in [0.15, 0.2) is 18.2 Å². The second-order valence-corrected chi connectivity index (χ2v) is 13.5. The highest BCUT2D eigenvalue weighted by Crippen LogP contribution is 2.38. The van der Waals surface area contributed by atoms with Gasteiger partial charge in [0.05, 0.1) is 0 Å². The van der Waals surface area contributed by atoms with E-state index in [1.165, 1.54) is 0 Å². The second kappa shape index (κ2) is 15.2. The third-order valence-electron chi connectivity index (χ3n) is 7.03. The first-order chi connectivity index (χ1) is 19.0. The molecular formula is C30H47NO8S. The van der Waals surface area contributed by atoms with Gasteiger partial charge in [0.2, 0.25) is 0 Å². The summed E-state index contributed by atoms with van der Waals surface area (Å²) >= 11 is 0. The van der Waals surface area contributed by atoms with Crippen LogP contribution in [-0.2, 0) is 28.6 Å². The van der Waals surface area contributed by atoms with Crippen molar-refractivity contribution < 1.29 is 36.4 Å². The Hall–Kier alpha value is -2.17. The van der Waals surface area contributed by atoms with Gasteiger partial charge in [0, 0.05) is 25.3 Å². The van der Waals surface area contributed by atoms with Crippen LogP contribution in [0.3, 0.4) is 0 Å². The van der Waals surface area contributed by atoms with Crippen LogP contribution >= 0.6 is 0 Å². The van der Waals surface area contributed by atoms with E-state index in [1.54, 1.807) is 39.0 Å². The zero-order valence-corrected chi connectivity index (χ0v) is 25.4. The molecule has 3 rings (SSSR count). The average molecular weight is 582 g/mol. The van der Waals surface area contributed by atoms with Crippen LogP contribution in [0.2, 0.25) is 0 Å². The molecule has 10 heteroatoms. The topological polar surface area (TPSA) is 108 Å². The van der Waals surface area contributed by atoms with Gasteiger partial charge in [-0.2, -0.15) is 8.42 Å². The smallest absolute Gasteiger partial charge is 0.324 e. The van der Waals surface area contributed by atoms with Crippen LogP contribution < -0.4 is 9.47 Å². The molecule has 0 unspecified atom stereocenters. The molecule has 0 amide bonds. The lowest BCUT2D eigenvalue weighted by Crippen LogP contribution is -2.35. The largest absolute Gasteiger partial charge is 0.486 e. The van der Waals surface area contributed by atoms with Crippen LogP contribution in [-0.4, -0.2) is 69.3 Å². The van der Waals surface area contributed by atoms with Crippen molar-refractivity contribution in [1.29, 1.82) is 0 Å². The summed E-state index contributed by atoms with van der Waals surface area (Å²) in [6.45, 7) is 10.3. The van der Waals surface area contributed by atoms with E-state index >= 15 is 0 Å². The highest BCUT2D eigenvalue weighted by atomic mass is 32.2. The summed E-state index contributed by atoms with van der Waals surface area (Å²) < 4.78 is 48.9. The molecule has 1 aromatic carbocycles. The first-order valence-corrected chi connectivity index (χ1v) is 16.3. The minimum atomic E-state index is -4.34. The number of esters is 1. The monoisotopic (exact) mass is 581 g/mol. The van der Waals surface area contributed by atoms with E-state index in [-0.39, 0.29) is 12.2 Å². The second-order valence-electron chi connectivity index (χ2n) is 11.9. The highest BCUT2D eigenvalue weighted by Gasteiger charge is 2.35. The molecular weight excluding hydrogens is 534 g/mol. The number of Topliss-reactive ketones (excluding diaryl/α,β-unsaturated/α-hetero) is 1. The third-order valence-corrected chi connectivity index (χ3v) is 8.12. The van der Waals surface area contributed by atoms with Gasteiger partial charge in [-0.15, -0.1) is 0 Å². The van der Waals surface area contributed by atoms with Gasteiger partial charge in [0.15, 0.2) is 17.3 Å². The van der Waals surface area contributed by atoms with Crippen molar-refractivity contribution >= 4 is 21.9 Å². The van der Waals surface area contributed by atoms with Gasteiger partial charge in [0.1, 0.15) is 30.7 Å². The van der Waals surface area contributed by atoms with Gasteiger partial charge < -0.3 is 19.1 Å². The summed E-state index contributed by atoms with van der Waals surface area (Å²) in [6, 6.07) is 5.23. The van der Waals surface area contributed by atoms with Crippen molar-refractivity contribution in [2.24, 2.45) is 5.92 Å². The number of rotatable bonds is 16. The first kappa shape index (κ1) is 32.3. The number of ketones is 1. The van der Waals surface area contributed by atoms with Crippen LogP contribution in [0.5, 0.6) is 11.5 Å². The summed E-state index contributed by atoms with van der Waals surface area (Å²) in [5, 5.41) is 0. The Morgan fingerprint density at radius 2 is 1.68 bits per heavy atom. The van der Waals surface area contributed by atoms with E-state index in [0.29, 0.717) is 43.2 Å². The number of nitrogens with zero attached hydrogens (tertiary/aromatic N) is 1. The fourth-order valence-electron chi connectivity index (χ4n) is 5.23. The summed E-state index contributed by atoms with van der Waals surface area (Å²) in [7, 11) is -4.34. The Kier molecular flexibility index (Phi) is 12.3. The maximum Gasteiger partial charge on any atom is 0.324 e. The van der Waals surface area contributed by atoms with Crippen molar-refractivity contribution in [2.75, 3.05) is 38.6 Å². The lowest BCUT2D eigenvalue weighted by Gasteiger charge is -2.31. The number of carbonyl (C=O) groups is 2. The van der Waals surface area contributed by atoms with Crippen molar-refractivity contribution in [3.63, 3.8) is 0 Å². The summed E-state index contributed by atoms with van der Waals surface area (Å²) in [5.41, 5.74) is -0.263. The number of fused-ring (bicyclic) bond motifs is 1. The van der Waals surface area contributed by atoms with E-state index < -0.39 is 39.5 Å². The predicted molar refractivity (Wildman–Crippen MR) is 153 cm³/mol. The Bertz CT molecular complexity index is 1080. The Morgan fingerprint density at radius 1 is 1.00 bits per heavy atom. The molecule has 0 spiro atoms. The Balaban J connectivity index is 1.87. The molecule has 1 aromatic rings. The average Bonchev–Trinajstić information content (AvgIpc) is 3.38. The zero-order valence-electron chi connectivity index (χ0n) is 24.6. The lowest BCUT2D eigenvalue weighted by molar-refractivity contribution is -0.151. The van der Waals surface area contributed by atoms with E-state index in [1.807, 2.05) is 0 Å². The van der Waals surface area contributed by atoms with Crippen molar-refractivity contribution in [3.05, 3.63) is 23.8 Å². The number of hydrogen-bond donors (Lipinski definition) is 0. The van der Waals surface area contributed by atoms with E-state index in [9.17, 15) is 18.0 Å². The first-order valence-electron chi connectivity index (χ1n) is 14.7. The standard InChI is InChI=1S/C30H47NO8S/c1-5-6-7-8-9-12-25(32)19-24(21-31-15-10-11-16-31)29(23-13-14-26-27(20-23)37-18-17-36-26)39-40(34,35)22-28(33)38-30(2,3)4/h13-14,20,24,29H,5-12,15-19,21-22H2,1-4H3/t24-,29-/m1/s1. The molecule has 9 nitrogen and oxygen atoms in total. The molecule has 2 aliphatic rings. The van der Waals surface area contributed by atoms with Crippen LogP contribution in [0.1, 0.15) is 97.1 Å². The molecule has 2 heterocycles. The number of unbranched alkanes of at least 4 members (excludes halogenated alkanes) is 4. The van der Waals surface area contributed by atoms with Gasteiger partial charge in [-0.25, -0.2) is 0 Å². The molecule has 2 aliphatic heterocycles. The molecule has 226 valence electrons. The number of ether oxygens (including phenoxy) is 3. The molecule has 1 saturated heterocycles. The van der Waals surface area contributed by atoms with Gasteiger partial charge in [-0.05, 0) is 70.8 Å². The van der Waals surface area contributed by atoms with Gasteiger partial charge in [0.25, 0.3) is 10.1 Å². The van der Waals surface area contributed by atoms with Crippen LogP contribution in [0.4, 0.5) is 0 Å². The van der Waals surface area contributed by atoms with Crippen LogP contribution in [0.25, 0.3) is 0 Å².